The number of nitriles is 1. The molecule has 3 heterocycles. The molecule has 1 amide bonds. The molecule has 10 heteroatoms. The van der Waals surface area contributed by atoms with Crippen LogP contribution >= 0.6 is 0 Å². The second-order valence-electron chi connectivity index (χ2n) is 8.83. The molecule has 0 bridgehead atoms. The number of nitrogens with zero attached hydrogens (tertiary/aromatic N) is 2. The van der Waals surface area contributed by atoms with Crippen LogP contribution in [-0.2, 0) is 20.4 Å². The molecule has 3 saturated heterocycles. The van der Waals surface area contributed by atoms with Crippen LogP contribution in [0.4, 0.5) is 18.9 Å². The Hall–Kier alpha value is -2.19. The highest BCUT2D eigenvalue weighted by atomic mass is 19.4. The molecule has 0 radical (unpaired) electrons. The summed E-state index contributed by atoms with van der Waals surface area (Å²) in [5.74, 6) is -1.61. The van der Waals surface area contributed by atoms with Gasteiger partial charge >= 0.3 is 6.18 Å². The number of aliphatic hydroxyl groups excluding tert-OH is 1. The Labute approximate surface area is 177 Å². The van der Waals surface area contributed by atoms with Gasteiger partial charge in [-0.15, -0.1) is 0 Å². The maximum absolute atomic E-state index is 13.5. The molecule has 2 N–H and O–H groups in total. The van der Waals surface area contributed by atoms with Crippen LogP contribution in [0, 0.1) is 23.2 Å². The predicted octanol–water partition coefficient (Wildman–Crippen LogP) is 2.19. The third kappa shape index (κ3) is 3.40. The number of hydrogen-bond donors (Lipinski definition) is 2. The summed E-state index contributed by atoms with van der Waals surface area (Å²) < 4.78 is 52.4. The van der Waals surface area contributed by atoms with E-state index in [1.165, 1.54) is 24.0 Å². The van der Waals surface area contributed by atoms with Gasteiger partial charge in [-0.1, -0.05) is 0 Å². The summed E-state index contributed by atoms with van der Waals surface area (Å²) in [5, 5.41) is 29.1. The number of aliphatic hydroxyl groups is 2. The maximum atomic E-state index is 13.5. The third-order valence-corrected chi connectivity index (χ3v) is 6.55. The molecule has 3 aliphatic heterocycles. The molecule has 1 aromatic carbocycles. The van der Waals surface area contributed by atoms with Crippen molar-refractivity contribution < 1.29 is 37.7 Å². The van der Waals surface area contributed by atoms with Crippen LogP contribution in [-0.4, -0.2) is 52.9 Å². The normalized spacial score (nSPS) is 34.4. The van der Waals surface area contributed by atoms with Gasteiger partial charge in [0.05, 0.1) is 53.6 Å². The van der Waals surface area contributed by atoms with E-state index in [-0.39, 0.29) is 18.7 Å². The molecule has 31 heavy (non-hydrogen) atoms. The van der Waals surface area contributed by atoms with Crippen molar-refractivity contribution in [3.63, 3.8) is 0 Å². The summed E-state index contributed by atoms with van der Waals surface area (Å²) >= 11 is 0. The van der Waals surface area contributed by atoms with Gasteiger partial charge in [-0.2, -0.15) is 18.4 Å². The molecule has 1 aromatic rings. The maximum Gasteiger partial charge on any atom is 0.417 e. The molecule has 7 nitrogen and oxygen atoms in total. The average Bonchev–Trinajstić information content (AvgIpc) is 3.16. The summed E-state index contributed by atoms with van der Waals surface area (Å²) in [7, 11) is 0. The molecule has 0 saturated carbocycles. The van der Waals surface area contributed by atoms with E-state index in [2.05, 4.69) is 0 Å². The van der Waals surface area contributed by atoms with Gasteiger partial charge in [0.25, 0.3) is 0 Å². The Morgan fingerprint density at radius 1 is 1.39 bits per heavy atom. The van der Waals surface area contributed by atoms with Gasteiger partial charge in [0, 0.05) is 24.4 Å². The molecule has 168 valence electrons. The second kappa shape index (κ2) is 7.17. The highest BCUT2D eigenvalue weighted by Gasteiger charge is 2.68. The molecule has 4 rings (SSSR count). The standard InChI is InChI=1S/C21H23F3N2O5/c1-11-15-16-18(30-6-5-20(16,31-11)9-19(2,29)10-27)26(17(15)28)13-4-3-12(8-25)14(7-13)21(22,23)24/h3-4,7,11,15-16,18,27,29H,5-6,9-10H2,1-2H3/t11-,15+,16-,18-,19-,20-/m0/s1. The minimum absolute atomic E-state index is 0.00681. The van der Waals surface area contributed by atoms with E-state index in [0.717, 1.165) is 12.1 Å². The number of amides is 1. The van der Waals surface area contributed by atoms with Crippen molar-refractivity contribution in [3.8, 4) is 6.07 Å². The monoisotopic (exact) mass is 440 g/mol. The zero-order valence-corrected chi connectivity index (χ0v) is 17.0. The van der Waals surface area contributed by atoms with Crippen LogP contribution in [0.15, 0.2) is 18.2 Å². The molecule has 0 unspecified atom stereocenters. The van der Waals surface area contributed by atoms with Crippen molar-refractivity contribution in [2.75, 3.05) is 18.1 Å². The molecule has 3 aliphatic rings. The van der Waals surface area contributed by atoms with Crippen LogP contribution in [0.25, 0.3) is 0 Å². The summed E-state index contributed by atoms with van der Waals surface area (Å²) in [6.07, 6.45) is -5.73. The minimum Gasteiger partial charge on any atom is -0.393 e. The molecule has 0 aromatic heterocycles. The number of hydrogen-bond acceptors (Lipinski definition) is 6. The molecule has 0 aliphatic carbocycles. The number of alkyl halides is 3. The summed E-state index contributed by atoms with van der Waals surface area (Å²) in [6, 6.07) is 4.69. The fourth-order valence-corrected chi connectivity index (χ4v) is 5.37. The zero-order valence-electron chi connectivity index (χ0n) is 17.0. The molecular weight excluding hydrogens is 417 g/mol. The first-order valence-corrected chi connectivity index (χ1v) is 10.0. The summed E-state index contributed by atoms with van der Waals surface area (Å²) in [6.45, 7) is 2.86. The van der Waals surface area contributed by atoms with Gasteiger partial charge in [0.2, 0.25) is 5.91 Å². The number of ether oxygens (including phenoxy) is 2. The lowest BCUT2D eigenvalue weighted by atomic mass is 9.72. The van der Waals surface area contributed by atoms with Crippen LogP contribution < -0.4 is 4.90 Å². The van der Waals surface area contributed by atoms with Crippen molar-refractivity contribution in [1.82, 2.24) is 0 Å². The topological polar surface area (TPSA) is 103 Å². The quantitative estimate of drug-likeness (QED) is 0.744. The van der Waals surface area contributed by atoms with E-state index in [1.807, 2.05) is 0 Å². The minimum atomic E-state index is -4.76. The summed E-state index contributed by atoms with van der Waals surface area (Å²) in [4.78, 5) is 14.6. The van der Waals surface area contributed by atoms with Gasteiger partial charge in [-0.3, -0.25) is 9.69 Å². The zero-order chi connectivity index (χ0) is 22.8. The van der Waals surface area contributed by atoms with Crippen molar-refractivity contribution >= 4 is 11.6 Å². The molecule has 6 atom stereocenters. The first-order chi connectivity index (χ1) is 14.4. The third-order valence-electron chi connectivity index (χ3n) is 6.55. The van der Waals surface area contributed by atoms with Crippen molar-refractivity contribution in [2.24, 2.45) is 11.8 Å². The van der Waals surface area contributed by atoms with E-state index in [4.69, 9.17) is 14.7 Å². The predicted molar refractivity (Wildman–Crippen MR) is 101 cm³/mol. The number of rotatable bonds is 4. The SMILES string of the molecule is C[C@@H]1O[C@]2(C[C@](C)(O)CO)CCO[C@H]3[C@@H]2[C@@H]1C(=O)N3c1ccc(C#N)c(C(F)(F)F)c1. The fraction of sp³-hybridized carbons (Fsp3) is 0.619. The number of carbonyl (C=O) groups is 1. The number of anilines is 1. The van der Waals surface area contributed by atoms with Gasteiger partial charge in [-0.25, -0.2) is 0 Å². The van der Waals surface area contributed by atoms with E-state index >= 15 is 0 Å². The Balaban J connectivity index is 1.77. The fourth-order valence-electron chi connectivity index (χ4n) is 5.37. The summed E-state index contributed by atoms with van der Waals surface area (Å²) in [5.41, 5.74) is -4.06. The lowest BCUT2D eigenvalue weighted by Gasteiger charge is -2.45. The van der Waals surface area contributed by atoms with Crippen molar-refractivity contribution in [2.45, 2.75) is 56.4 Å². The largest absolute Gasteiger partial charge is 0.417 e. The Morgan fingerprint density at radius 2 is 2.10 bits per heavy atom. The first kappa shape index (κ1) is 22.0. The first-order valence-electron chi connectivity index (χ1n) is 10.0. The molecule has 3 fully saturated rings. The Morgan fingerprint density at radius 3 is 2.71 bits per heavy atom. The second-order valence-corrected chi connectivity index (χ2v) is 8.83. The number of carbonyl (C=O) groups excluding carboxylic acids is 1. The Bertz CT molecular complexity index is 944. The molecular formula is C21H23F3N2O5. The number of halogens is 3. The highest BCUT2D eigenvalue weighted by Crippen LogP contribution is 2.56. The van der Waals surface area contributed by atoms with Gasteiger partial charge < -0.3 is 19.7 Å². The van der Waals surface area contributed by atoms with Gasteiger partial charge in [0.1, 0.15) is 6.23 Å². The van der Waals surface area contributed by atoms with E-state index in [1.54, 1.807) is 6.92 Å². The number of benzene rings is 1. The van der Waals surface area contributed by atoms with Crippen LogP contribution in [0.1, 0.15) is 37.8 Å². The van der Waals surface area contributed by atoms with Crippen molar-refractivity contribution in [3.05, 3.63) is 29.3 Å². The smallest absolute Gasteiger partial charge is 0.393 e. The van der Waals surface area contributed by atoms with E-state index in [0.29, 0.717) is 6.42 Å². The highest BCUT2D eigenvalue weighted by molar-refractivity contribution is 5.99. The average molecular weight is 440 g/mol. The van der Waals surface area contributed by atoms with Gasteiger partial charge in [-0.05, 0) is 32.0 Å². The van der Waals surface area contributed by atoms with Gasteiger partial charge in [0.15, 0.2) is 0 Å². The van der Waals surface area contributed by atoms with Crippen LogP contribution in [0.2, 0.25) is 0 Å². The van der Waals surface area contributed by atoms with Crippen LogP contribution in [0.5, 0.6) is 0 Å². The van der Waals surface area contributed by atoms with E-state index in [9.17, 15) is 28.2 Å². The Kier molecular flexibility index (Phi) is 5.09. The van der Waals surface area contributed by atoms with Crippen LogP contribution in [0.3, 0.4) is 0 Å². The lowest BCUT2D eigenvalue weighted by Crippen LogP contribution is -2.55. The van der Waals surface area contributed by atoms with Crippen molar-refractivity contribution in [1.29, 1.82) is 5.26 Å². The lowest BCUT2D eigenvalue weighted by molar-refractivity contribution is -0.174. The molecule has 0 spiro atoms. The van der Waals surface area contributed by atoms with E-state index < -0.39 is 65.2 Å².